The molecule has 1 aromatic heterocycles. The van der Waals surface area contributed by atoms with E-state index in [0.717, 1.165) is 37.8 Å². The zero-order valence-electron chi connectivity index (χ0n) is 13.5. The lowest BCUT2D eigenvalue weighted by atomic mass is 9.99. The number of aromatic nitrogens is 1. The molecule has 124 valence electrons. The quantitative estimate of drug-likeness (QED) is 0.722. The SMILES string of the molecule is CCC(CC)c1cc(CNC(=O)NC[C@@H]2CCC[C@H]2O)on1. The minimum Gasteiger partial charge on any atom is -0.393 e. The van der Waals surface area contributed by atoms with E-state index in [9.17, 15) is 9.90 Å². The fourth-order valence-corrected chi connectivity index (χ4v) is 3.02. The smallest absolute Gasteiger partial charge is 0.315 e. The van der Waals surface area contributed by atoms with Gasteiger partial charge in [0, 0.05) is 24.4 Å². The second-order valence-electron chi connectivity index (χ2n) is 6.05. The van der Waals surface area contributed by atoms with Crippen LogP contribution >= 0.6 is 0 Å². The molecular formula is C16H27N3O3. The zero-order chi connectivity index (χ0) is 15.9. The van der Waals surface area contributed by atoms with Crippen LogP contribution in [0.1, 0.15) is 63.3 Å². The maximum atomic E-state index is 11.8. The third-order valence-corrected chi connectivity index (χ3v) is 4.55. The molecule has 0 aromatic carbocycles. The van der Waals surface area contributed by atoms with Gasteiger partial charge >= 0.3 is 6.03 Å². The Balaban J connectivity index is 1.72. The van der Waals surface area contributed by atoms with Crippen molar-refractivity contribution >= 4 is 6.03 Å². The van der Waals surface area contributed by atoms with Crippen LogP contribution in [-0.2, 0) is 6.54 Å². The van der Waals surface area contributed by atoms with Gasteiger partial charge in [0.2, 0.25) is 0 Å². The predicted molar refractivity (Wildman–Crippen MR) is 83.4 cm³/mol. The van der Waals surface area contributed by atoms with Crippen molar-refractivity contribution in [3.63, 3.8) is 0 Å². The van der Waals surface area contributed by atoms with Gasteiger partial charge in [-0.3, -0.25) is 0 Å². The summed E-state index contributed by atoms with van der Waals surface area (Å²) in [4.78, 5) is 11.8. The molecule has 0 saturated heterocycles. The van der Waals surface area contributed by atoms with Crippen LogP contribution in [0.4, 0.5) is 4.79 Å². The lowest BCUT2D eigenvalue weighted by Gasteiger charge is -2.15. The highest BCUT2D eigenvalue weighted by Gasteiger charge is 2.25. The van der Waals surface area contributed by atoms with Crippen molar-refractivity contribution in [3.8, 4) is 0 Å². The Morgan fingerprint density at radius 2 is 2.18 bits per heavy atom. The summed E-state index contributed by atoms with van der Waals surface area (Å²) in [6.45, 7) is 5.10. The number of amides is 2. The summed E-state index contributed by atoms with van der Waals surface area (Å²) in [7, 11) is 0. The fourth-order valence-electron chi connectivity index (χ4n) is 3.02. The van der Waals surface area contributed by atoms with Gasteiger partial charge in [0.05, 0.1) is 18.3 Å². The molecule has 2 rings (SSSR count). The third kappa shape index (κ3) is 4.47. The predicted octanol–water partition coefficient (Wildman–Crippen LogP) is 2.54. The summed E-state index contributed by atoms with van der Waals surface area (Å²) in [6, 6.07) is 1.68. The summed E-state index contributed by atoms with van der Waals surface area (Å²) >= 11 is 0. The zero-order valence-corrected chi connectivity index (χ0v) is 13.5. The number of aliphatic hydroxyl groups is 1. The number of urea groups is 1. The van der Waals surface area contributed by atoms with Gasteiger partial charge in [-0.15, -0.1) is 0 Å². The second-order valence-corrected chi connectivity index (χ2v) is 6.05. The number of nitrogens with zero attached hydrogens (tertiary/aromatic N) is 1. The van der Waals surface area contributed by atoms with Crippen molar-refractivity contribution in [2.45, 2.75) is 64.5 Å². The van der Waals surface area contributed by atoms with Crippen LogP contribution in [-0.4, -0.2) is 28.9 Å². The van der Waals surface area contributed by atoms with Crippen molar-refractivity contribution in [3.05, 3.63) is 17.5 Å². The molecule has 0 radical (unpaired) electrons. The summed E-state index contributed by atoms with van der Waals surface area (Å²) in [5.74, 6) is 1.26. The van der Waals surface area contributed by atoms with Crippen molar-refractivity contribution in [2.24, 2.45) is 5.92 Å². The fraction of sp³-hybridized carbons (Fsp3) is 0.750. The molecule has 22 heavy (non-hydrogen) atoms. The van der Waals surface area contributed by atoms with E-state index in [0.29, 0.717) is 24.8 Å². The van der Waals surface area contributed by atoms with E-state index in [-0.39, 0.29) is 18.1 Å². The first kappa shape index (κ1) is 16.8. The van der Waals surface area contributed by atoms with Gasteiger partial charge < -0.3 is 20.3 Å². The topological polar surface area (TPSA) is 87.4 Å². The number of hydrogen-bond acceptors (Lipinski definition) is 4. The molecule has 6 nitrogen and oxygen atoms in total. The molecule has 0 spiro atoms. The number of rotatable bonds is 7. The summed E-state index contributed by atoms with van der Waals surface area (Å²) in [5, 5.41) is 19.4. The van der Waals surface area contributed by atoms with E-state index in [1.165, 1.54) is 0 Å². The molecule has 1 saturated carbocycles. The first-order valence-corrected chi connectivity index (χ1v) is 8.29. The van der Waals surface area contributed by atoms with Gasteiger partial charge in [-0.25, -0.2) is 4.79 Å². The molecule has 3 N–H and O–H groups in total. The average Bonchev–Trinajstić information content (AvgIpc) is 3.14. The molecule has 1 fully saturated rings. The third-order valence-electron chi connectivity index (χ3n) is 4.55. The van der Waals surface area contributed by atoms with E-state index in [2.05, 4.69) is 29.6 Å². The van der Waals surface area contributed by atoms with Gasteiger partial charge in [-0.2, -0.15) is 0 Å². The Bertz CT molecular complexity index is 471. The Labute approximate surface area is 131 Å². The van der Waals surface area contributed by atoms with Crippen molar-refractivity contribution in [1.82, 2.24) is 15.8 Å². The number of aliphatic hydroxyl groups excluding tert-OH is 1. The number of carbonyl (C=O) groups is 1. The largest absolute Gasteiger partial charge is 0.393 e. The Hall–Kier alpha value is -1.56. The maximum Gasteiger partial charge on any atom is 0.315 e. The van der Waals surface area contributed by atoms with Crippen LogP contribution in [0, 0.1) is 5.92 Å². The summed E-state index contributed by atoms with van der Waals surface area (Å²) in [5.41, 5.74) is 0.955. The molecule has 0 bridgehead atoms. The molecular weight excluding hydrogens is 282 g/mol. The van der Waals surface area contributed by atoms with Crippen molar-refractivity contribution in [2.75, 3.05) is 6.54 Å². The van der Waals surface area contributed by atoms with E-state index >= 15 is 0 Å². The lowest BCUT2D eigenvalue weighted by molar-refractivity contribution is 0.132. The highest BCUT2D eigenvalue weighted by Crippen LogP contribution is 2.24. The minimum atomic E-state index is -0.280. The molecule has 1 aliphatic carbocycles. The minimum absolute atomic E-state index is 0.178. The molecule has 0 aliphatic heterocycles. The van der Waals surface area contributed by atoms with Gasteiger partial charge in [0.15, 0.2) is 5.76 Å². The molecule has 1 aromatic rings. The lowest BCUT2D eigenvalue weighted by Crippen LogP contribution is -2.39. The summed E-state index contributed by atoms with van der Waals surface area (Å²) < 4.78 is 5.26. The Kier molecular flexibility index (Phi) is 6.24. The van der Waals surface area contributed by atoms with Crippen LogP contribution in [0.2, 0.25) is 0 Å². The van der Waals surface area contributed by atoms with Crippen LogP contribution in [0.5, 0.6) is 0 Å². The molecule has 2 atom stereocenters. The Morgan fingerprint density at radius 3 is 2.82 bits per heavy atom. The van der Waals surface area contributed by atoms with E-state index in [4.69, 9.17) is 4.52 Å². The van der Waals surface area contributed by atoms with E-state index in [1.54, 1.807) is 0 Å². The van der Waals surface area contributed by atoms with Crippen LogP contribution in [0.3, 0.4) is 0 Å². The monoisotopic (exact) mass is 309 g/mol. The number of hydrogen-bond donors (Lipinski definition) is 3. The first-order chi connectivity index (χ1) is 10.6. The molecule has 1 heterocycles. The number of carbonyl (C=O) groups excluding carboxylic acids is 1. The Morgan fingerprint density at radius 1 is 1.41 bits per heavy atom. The van der Waals surface area contributed by atoms with Crippen LogP contribution in [0.15, 0.2) is 10.6 Å². The second kappa shape index (κ2) is 8.17. The van der Waals surface area contributed by atoms with Crippen molar-refractivity contribution in [1.29, 1.82) is 0 Å². The van der Waals surface area contributed by atoms with Crippen LogP contribution < -0.4 is 10.6 Å². The highest BCUT2D eigenvalue weighted by molar-refractivity contribution is 5.73. The summed E-state index contributed by atoms with van der Waals surface area (Å²) in [6.07, 6.45) is 4.62. The highest BCUT2D eigenvalue weighted by atomic mass is 16.5. The average molecular weight is 309 g/mol. The molecule has 6 heteroatoms. The normalized spacial score (nSPS) is 21.3. The molecule has 0 unspecified atom stereocenters. The van der Waals surface area contributed by atoms with Crippen molar-refractivity contribution < 1.29 is 14.4 Å². The standard InChI is InChI=1S/C16H27N3O3/c1-3-11(4-2)14-8-13(22-19-14)10-18-16(21)17-9-12-6-5-7-15(12)20/h8,11-12,15,20H,3-7,9-10H2,1-2H3,(H2,17,18,21)/t12-,15+/m0/s1. The van der Waals surface area contributed by atoms with E-state index in [1.807, 2.05) is 6.07 Å². The molecule has 2 amide bonds. The maximum absolute atomic E-state index is 11.8. The van der Waals surface area contributed by atoms with E-state index < -0.39 is 0 Å². The van der Waals surface area contributed by atoms with Gasteiger partial charge in [0.25, 0.3) is 0 Å². The van der Waals surface area contributed by atoms with Gasteiger partial charge in [0.1, 0.15) is 0 Å². The van der Waals surface area contributed by atoms with Gasteiger partial charge in [-0.1, -0.05) is 25.4 Å². The van der Waals surface area contributed by atoms with Gasteiger partial charge in [-0.05, 0) is 25.7 Å². The number of nitrogens with one attached hydrogen (secondary N) is 2. The van der Waals surface area contributed by atoms with Crippen LogP contribution in [0.25, 0.3) is 0 Å². The first-order valence-electron chi connectivity index (χ1n) is 8.29. The molecule has 1 aliphatic rings.